The Hall–Kier alpha value is -2.73. The van der Waals surface area contributed by atoms with E-state index >= 15 is 0 Å². The van der Waals surface area contributed by atoms with Crippen LogP contribution in [0.25, 0.3) is 0 Å². The molecule has 5 N–H and O–H groups in total. The molecule has 1 atom stereocenters. The molecular formula is C21H29N3O3. The molecule has 0 spiro atoms. The Bertz CT molecular complexity index is 702. The first-order valence-corrected chi connectivity index (χ1v) is 9.40. The number of hydrogen-bond acceptors (Lipinski definition) is 4. The van der Waals surface area contributed by atoms with E-state index in [4.69, 9.17) is 5.73 Å². The number of phenolic OH excluding ortho intramolecular Hbond substituents is 2. The van der Waals surface area contributed by atoms with Crippen molar-refractivity contribution in [3.8, 4) is 11.5 Å². The summed E-state index contributed by atoms with van der Waals surface area (Å²) in [5, 5.41) is 22.3. The van der Waals surface area contributed by atoms with Crippen molar-refractivity contribution < 1.29 is 15.0 Å². The van der Waals surface area contributed by atoms with E-state index < -0.39 is 6.03 Å². The van der Waals surface area contributed by atoms with E-state index in [0.717, 1.165) is 37.7 Å². The predicted octanol–water partition coefficient (Wildman–Crippen LogP) is 3.72. The Kier molecular flexibility index (Phi) is 7.95. The van der Waals surface area contributed by atoms with E-state index in [0.29, 0.717) is 12.2 Å². The first-order chi connectivity index (χ1) is 13.0. The average molecular weight is 371 g/mol. The van der Waals surface area contributed by atoms with Gasteiger partial charge in [-0.15, -0.1) is 0 Å². The fourth-order valence-corrected chi connectivity index (χ4v) is 3.03. The Morgan fingerprint density at radius 1 is 1.04 bits per heavy atom. The summed E-state index contributed by atoms with van der Waals surface area (Å²) in [4.78, 5) is 13.7. The van der Waals surface area contributed by atoms with Crippen LogP contribution in [0.1, 0.15) is 38.2 Å². The van der Waals surface area contributed by atoms with Gasteiger partial charge in [0, 0.05) is 12.2 Å². The standard InChI is InChI=1S/C21H29N3O3/c1-2-3-4-5-20(23-15-14-16-6-10-18(25)11-7-16)24(21(22)27)17-8-12-19(26)13-9-17/h6-13,20,23,25-26H,2-5,14-15H2,1H3,(H2,22,27). The number of nitrogens with one attached hydrogen (secondary N) is 1. The molecule has 2 aromatic rings. The summed E-state index contributed by atoms with van der Waals surface area (Å²) in [5.74, 6) is 0.391. The van der Waals surface area contributed by atoms with Gasteiger partial charge in [-0.1, -0.05) is 38.3 Å². The monoisotopic (exact) mass is 371 g/mol. The van der Waals surface area contributed by atoms with Crippen LogP contribution in [0, 0.1) is 0 Å². The van der Waals surface area contributed by atoms with E-state index in [9.17, 15) is 15.0 Å². The molecule has 0 saturated heterocycles. The van der Waals surface area contributed by atoms with Gasteiger partial charge in [0.1, 0.15) is 11.5 Å². The number of nitrogens with zero attached hydrogens (tertiary/aromatic N) is 1. The Labute approximate surface area is 160 Å². The van der Waals surface area contributed by atoms with Crippen LogP contribution < -0.4 is 16.0 Å². The summed E-state index contributed by atoms with van der Waals surface area (Å²) in [5.41, 5.74) is 7.42. The number of phenols is 2. The van der Waals surface area contributed by atoms with Crippen LogP contribution in [-0.2, 0) is 6.42 Å². The quantitative estimate of drug-likeness (QED) is 0.378. The van der Waals surface area contributed by atoms with Crippen molar-refractivity contribution >= 4 is 11.7 Å². The molecule has 0 aliphatic rings. The minimum atomic E-state index is -0.528. The molecule has 146 valence electrons. The first-order valence-electron chi connectivity index (χ1n) is 9.40. The molecule has 2 aromatic carbocycles. The van der Waals surface area contributed by atoms with Gasteiger partial charge in [0.25, 0.3) is 0 Å². The average Bonchev–Trinajstić information content (AvgIpc) is 2.64. The van der Waals surface area contributed by atoms with Gasteiger partial charge in [-0.05, 0) is 54.8 Å². The maximum Gasteiger partial charge on any atom is 0.320 e. The highest BCUT2D eigenvalue weighted by Crippen LogP contribution is 2.22. The fourth-order valence-electron chi connectivity index (χ4n) is 3.03. The zero-order valence-electron chi connectivity index (χ0n) is 15.8. The number of anilines is 1. The molecule has 2 amide bonds. The number of primary amides is 1. The first kappa shape index (κ1) is 20.6. The number of unbranched alkanes of at least 4 members (excludes halogenated alkanes) is 2. The number of hydrogen-bond donors (Lipinski definition) is 4. The molecule has 6 nitrogen and oxygen atoms in total. The molecule has 0 aliphatic carbocycles. The fraction of sp³-hybridized carbons (Fsp3) is 0.381. The molecule has 0 aliphatic heterocycles. The normalized spacial score (nSPS) is 11.9. The molecule has 1 unspecified atom stereocenters. The largest absolute Gasteiger partial charge is 0.508 e. The Morgan fingerprint density at radius 3 is 2.19 bits per heavy atom. The molecule has 2 rings (SSSR count). The van der Waals surface area contributed by atoms with E-state index in [-0.39, 0.29) is 17.7 Å². The topological polar surface area (TPSA) is 98.8 Å². The minimum Gasteiger partial charge on any atom is -0.508 e. The Morgan fingerprint density at radius 2 is 1.63 bits per heavy atom. The van der Waals surface area contributed by atoms with Crippen LogP contribution in [0.5, 0.6) is 11.5 Å². The van der Waals surface area contributed by atoms with Gasteiger partial charge in [0.2, 0.25) is 0 Å². The molecule has 27 heavy (non-hydrogen) atoms. The van der Waals surface area contributed by atoms with Crippen LogP contribution >= 0.6 is 0 Å². The second-order valence-electron chi connectivity index (χ2n) is 6.61. The lowest BCUT2D eigenvalue weighted by molar-refractivity contribution is 0.249. The Balaban J connectivity index is 2.08. The van der Waals surface area contributed by atoms with Gasteiger partial charge in [-0.2, -0.15) is 0 Å². The predicted molar refractivity (Wildman–Crippen MR) is 108 cm³/mol. The number of aromatic hydroxyl groups is 2. The molecule has 0 saturated carbocycles. The molecule has 0 heterocycles. The van der Waals surface area contributed by atoms with Crippen molar-refractivity contribution in [2.24, 2.45) is 5.73 Å². The van der Waals surface area contributed by atoms with Gasteiger partial charge < -0.3 is 15.9 Å². The number of nitrogens with two attached hydrogens (primary N) is 1. The summed E-state index contributed by atoms with van der Waals surface area (Å²) in [6.45, 7) is 2.81. The van der Waals surface area contributed by atoms with Crippen LogP contribution in [0.2, 0.25) is 0 Å². The van der Waals surface area contributed by atoms with E-state index in [1.54, 1.807) is 41.3 Å². The summed E-state index contributed by atoms with van der Waals surface area (Å²) in [7, 11) is 0. The number of carbonyl (C=O) groups excluding carboxylic acids is 1. The third-order valence-corrected chi connectivity index (χ3v) is 4.49. The summed E-state index contributed by atoms with van der Waals surface area (Å²) >= 11 is 0. The summed E-state index contributed by atoms with van der Waals surface area (Å²) in [6.07, 6.45) is 4.49. The molecule has 6 heteroatoms. The molecule has 0 aromatic heterocycles. The van der Waals surface area contributed by atoms with Gasteiger partial charge in [0.15, 0.2) is 0 Å². The summed E-state index contributed by atoms with van der Waals surface area (Å²) < 4.78 is 0. The number of urea groups is 1. The highest BCUT2D eigenvalue weighted by Gasteiger charge is 2.22. The lowest BCUT2D eigenvalue weighted by atomic mass is 10.1. The van der Waals surface area contributed by atoms with Gasteiger partial charge in [-0.25, -0.2) is 4.79 Å². The van der Waals surface area contributed by atoms with Crippen molar-refractivity contribution in [2.45, 2.75) is 45.2 Å². The van der Waals surface area contributed by atoms with Crippen molar-refractivity contribution in [3.05, 3.63) is 54.1 Å². The number of carbonyl (C=O) groups is 1. The van der Waals surface area contributed by atoms with E-state index in [2.05, 4.69) is 12.2 Å². The van der Waals surface area contributed by atoms with E-state index in [1.807, 2.05) is 12.1 Å². The second kappa shape index (κ2) is 10.4. The minimum absolute atomic E-state index is 0.144. The molecular weight excluding hydrogens is 342 g/mol. The third kappa shape index (κ3) is 6.49. The van der Waals surface area contributed by atoms with Crippen LogP contribution in [0.15, 0.2) is 48.5 Å². The lowest BCUT2D eigenvalue weighted by Gasteiger charge is -2.31. The number of rotatable bonds is 10. The highest BCUT2D eigenvalue weighted by atomic mass is 16.3. The van der Waals surface area contributed by atoms with Crippen molar-refractivity contribution in [2.75, 3.05) is 11.4 Å². The van der Waals surface area contributed by atoms with Gasteiger partial charge in [-0.3, -0.25) is 10.2 Å². The van der Waals surface area contributed by atoms with Gasteiger partial charge in [0.05, 0.1) is 6.17 Å². The zero-order valence-corrected chi connectivity index (χ0v) is 15.8. The molecule has 0 radical (unpaired) electrons. The lowest BCUT2D eigenvalue weighted by Crippen LogP contribution is -2.51. The van der Waals surface area contributed by atoms with Crippen molar-refractivity contribution in [1.29, 1.82) is 0 Å². The maximum atomic E-state index is 12.1. The van der Waals surface area contributed by atoms with Crippen molar-refractivity contribution in [1.82, 2.24) is 5.32 Å². The van der Waals surface area contributed by atoms with Crippen LogP contribution in [0.4, 0.5) is 10.5 Å². The SMILES string of the molecule is CCCCCC(NCCc1ccc(O)cc1)N(C(N)=O)c1ccc(O)cc1. The molecule has 0 bridgehead atoms. The molecule has 0 fully saturated rings. The van der Waals surface area contributed by atoms with Gasteiger partial charge >= 0.3 is 6.03 Å². The maximum absolute atomic E-state index is 12.1. The number of benzene rings is 2. The highest BCUT2D eigenvalue weighted by molar-refractivity contribution is 5.91. The van der Waals surface area contributed by atoms with Crippen LogP contribution in [-0.4, -0.2) is 29.0 Å². The van der Waals surface area contributed by atoms with E-state index in [1.165, 1.54) is 0 Å². The smallest absolute Gasteiger partial charge is 0.320 e. The second-order valence-corrected chi connectivity index (χ2v) is 6.61. The summed E-state index contributed by atoms with van der Waals surface area (Å²) in [6, 6.07) is 13.0. The zero-order chi connectivity index (χ0) is 19.6. The van der Waals surface area contributed by atoms with Crippen LogP contribution in [0.3, 0.4) is 0 Å². The van der Waals surface area contributed by atoms with Crippen molar-refractivity contribution in [3.63, 3.8) is 0 Å². The third-order valence-electron chi connectivity index (χ3n) is 4.49. The number of amides is 2.